The molecule has 198 valence electrons. The van der Waals surface area contributed by atoms with Crippen LogP contribution in [0.25, 0.3) is 0 Å². The van der Waals surface area contributed by atoms with Crippen molar-refractivity contribution in [2.75, 3.05) is 18.5 Å². The Hall–Kier alpha value is -2.45. The summed E-state index contributed by atoms with van der Waals surface area (Å²) < 4.78 is 6.65. The van der Waals surface area contributed by atoms with Crippen molar-refractivity contribution >= 4 is 23.4 Å². The van der Waals surface area contributed by atoms with Gasteiger partial charge in [0.15, 0.2) is 0 Å². The van der Waals surface area contributed by atoms with E-state index in [0.29, 0.717) is 25.1 Å². The first kappa shape index (κ1) is 26.6. The molecular formula is C28H41N3O5. The second kappa shape index (κ2) is 9.78. The van der Waals surface area contributed by atoms with Crippen LogP contribution in [0.1, 0.15) is 64.5 Å². The number of ether oxygens (including phenoxy) is 1. The van der Waals surface area contributed by atoms with E-state index in [1.54, 1.807) is 4.90 Å². The molecule has 36 heavy (non-hydrogen) atoms. The van der Waals surface area contributed by atoms with Crippen molar-refractivity contribution < 1.29 is 24.2 Å². The predicted octanol–water partition coefficient (Wildman–Crippen LogP) is 2.94. The largest absolute Gasteiger partial charge is 0.394 e. The maximum Gasteiger partial charge on any atom is 0.250 e. The van der Waals surface area contributed by atoms with Crippen LogP contribution in [0, 0.1) is 31.6 Å². The van der Waals surface area contributed by atoms with Crippen molar-refractivity contribution in [2.24, 2.45) is 17.8 Å². The smallest absolute Gasteiger partial charge is 0.250 e. The zero-order valence-corrected chi connectivity index (χ0v) is 22.4. The summed E-state index contributed by atoms with van der Waals surface area (Å²) in [5, 5.41) is 16.4. The lowest BCUT2D eigenvalue weighted by molar-refractivity contribution is -0.149. The first-order valence-corrected chi connectivity index (χ1v) is 13.3. The summed E-state index contributed by atoms with van der Waals surface area (Å²) in [6.07, 6.45) is 2.62. The Balaban J connectivity index is 1.79. The number of nitrogens with zero attached hydrogens (tertiary/aromatic N) is 1. The minimum Gasteiger partial charge on any atom is -0.394 e. The maximum absolute atomic E-state index is 14.2. The van der Waals surface area contributed by atoms with E-state index in [1.807, 2.05) is 59.7 Å². The van der Waals surface area contributed by atoms with Gasteiger partial charge in [-0.25, -0.2) is 0 Å². The molecule has 2 unspecified atom stereocenters. The molecule has 0 aromatic heterocycles. The number of hydrogen-bond acceptors (Lipinski definition) is 5. The van der Waals surface area contributed by atoms with Gasteiger partial charge in [-0.15, -0.1) is 0 Å². The van der Waals surface area contributed by atoms with E-state index in [4.69, 9.17) is 4.74 Å². The molecule has 0 saturated carbocycles. The van der Waals surface area contributed by atoms with Gasteiger partial charge in [-0.1, -0.05) is 39.3 Å². The van der Waals surface area contributed by atoms with Crippen molar-refractivity contribution in [1.82, 2.24) is 10.2 Å². The van der Waals surface area contributed by atoms with E-state index in [0.717, 1.165) is 24.0 Å². The van der Waals surface area contributed by atoms with Crippen molar-refractivity contribution in [1.29, 1.82) is 0 Å². The zero-order valence-electron chi connectivity index (χ0n) is 22.4. The van der Waals surface area contributed by atoms with Crippen LogP contribution < -0.4 is 10.6 Å². The van der Waals surface area contributed by atoms with E-state index in [9.17, 15) is 19.5 Å². The van der Waals surface area contributed by atoms with Crippen LogP contribution in [0.3, 0.4) is 0 Å². The highest BCUT2D eigenvalue weighted by molar-refractivity contribution is 6.04. The molecule has 2 bridgehead atoms. The minimum atomic E-state index is -1.11. The number of aliphatic hydroxyl groups excluding tert-OH is 1. The Kier molecular flexibility index (Phi) is 7.23. The molecule has 1 spiro atoms. The number of anilines is 1. The molecule has 0 aliphatic carbocycles. The number of carbonyl (C=O) groups excluding carboxylic acids is 3. The summed E-state index contributed by atoms with van der Waals surface area (Å²) in [4.78, 5) is 43.2. The number of benzene rings is 1. The lowest BCUT2D eigenvalue weighted by Gasteiger charge is -2.39. The standard InChI is InChI=1S/C28H41N3O5/c1-7-13-29-24(33)21-22-26(35)31(20(15-32)17(4)8-2)23(28(22)12-11-27(21,6)36-28)25(34)30-19-14-16(3)9-10-18(19)5/h9-10,14,17,20-23,32H,7-8,11-13,15H2,1-6H3,(H,29,33)(H,30,34)/t17-,20-,21+,22-,23?,27-,28?/m0/s1. The van der Waals surface area contributed by atoms with Gasteiger partial charge in [-0.05, 0) is 63.1 Å². The Morgan fingerprint density at radius 2 is 1.94 bits per heavy atom. The van der Waals surface area contributed by atoms with Gasteiger partial charge in [-0.2, -0.15) is 0 Å². The van der Waals surface area contributed by atoms with Crippen LogP contribution in [-0.4, -0.2) is 64.2 Å². The van der Waals surface area contributed by atoms with E-state index in [1.165, 1.54) is 0 Å². The molecule has 1 aromatic rings. The van der Waals surface area contributed by atoms with Gasteiger partial charge in [0.2, 0.25) is 17.7 Å². The van der Waals surface area contributed by atoms with Gasteiger partial charge in [0.25, 0.3) is 0 Å². The van der Waals surface area contributed by atoms with Gasteiger partial charge in [-0.3, -0.25) is 14.4 Å². The molecule has 3 saturated heterocycles. The van der Waals surface area contributed by atoms with Gasteiger partial charge in [0.05, 0.1) is 30.1 Å². The molecular weight excluding hydrogens is 458 g/mol. The third kappa shape index (κ3) is 4.02. The topological polar surface area (TPSA) is 108 Å². The molecule has 3 N–H and O–H groups in total. The average Bonchev–Trinajstić information content (AvgIpc) is 3.41. The second-order valence-corrected chi connectivity index (χ2v) is 11.2. The average molecular weight is 500 g/mol. The van der Waals surface area contributed by atoms with Crippen molar-refractivity contribution in [3.8, 4) is 0 Å². The van der Waals surface area contributed by atoms with Crippen LogP contribution >= 0.6 is 0 Å². The molecule has 3 aliphatic rings. The molecule has 3 aliphatic heterocycles. The van der Waals surface area contributed by atoms with Crippen molar-refractivity contribution in [3.05, 3.63) is 29.3 Å². The molecule has 3 fully saturated rings. The van der Waals surface area contributed by atoms with Crippen molar-refractivity contribution in [3.63, 3.8) is 0 Å². The van der Waals surface area contributed by atoms with E-state index >= 15 is 0 Å². The number of aryl methyl sites for hydroxylation is 2. The first-order chi connectivity index (χ1) is 17.0. The number of aliphatic hydroxyl groups is 1. The van der Waals surface area contributed by atoms with E-state index in [-0.39, 0.29) is 30.2 Å². The fourth-order valence-electron chi connectivity index (χ4n) is 6.67. The Bertz CT molecular complexity index is 1040. The summed E-state index contributed by atoms with van der Waals surface area (Å²) in [5.41, 5.74) is 0.695. The molecule has 3 heterocycles. The number of fused-ring (bicyclic) bond motifs is 1. The second-order valence-electron chi connectivity index (χ2n) is 11.2. The predicted molar refractivity (Wildman–Crippen MR) is 137 cm³/mol. The SMILES string of the molecule is CCCNC(=O)[C@H]1[C@H]2C(=O)N([C@@H](CO)[C@@H](C)CC)C(C(=O)Nc3cc(C)ccc3C)C23CC[C@]1(C)O3. The fraction of sp³-hybridized carbons (Fsp3) is 0.679. The van der Waals surface area contributed by atoms with Crippen LogP contribution in [0.4, 0.5) is 5.69 Å². The number of carbonyl (C=O) groups is 3. The normalized spacial score (nSPS) is 32.4. The molecule has 4 rings (SSSR count). The zero-order chi connectivity index (χ0) is 26.4. The van der Waals surface area contributed by atoms with Gasteiger partial charge >= 0.3 is 0 Å². The Labute approximate surface area is 214 Å². The summed E-state index contributed by atoms with van der Waals surface area (Å²) in [7, 11) is 0. The van der Waals surface area contributed by atoms with Gasteiger partial charge in [0, 0.05) is 12.2 Å². The van der Waals surface area contributed by atoms with Crippen LogP contribution in [0.15, 0.2) is 18.2 Å². The van der Waals surface area contributed by atoms with Crippen molar-refractivity contribution in [2.45, 2.75) is 90.5 Å². The number of hydrogen-bond donors (Lipinski definition) is 3. The maximum atomic E-state index is 14.2. The quantitative estimate of drug-likeness (QED) is 0.484. The molecule has 3 amide bonds. The summed E-state index contributed by atoms with van der Waals surface area (Å²) in [5.74, 6) is -2.27. The van der Waals surface area contributed by atoms with Crippen LogP contribution in [-0.2, 0) is 19.1 Å². The van der Waals surface area contributed by atoms with Crippen LogP contribution in [0.2, 0.25) is 0 Å². The third-order valence-corrected chi connectivity index (χ3v) is 8.79. The van der Waals surface area contributed by atoms with E-state index < -0.39 is 35.1 Å². The highest BCUT2D eigenvalue weighted by atomic mass is 16.5. The summed E-state index contributed by atoms with van der Waals surface area (Å²) in [6.45, 7) is 12.0. The fourth-order valence-corrected chi connectivity index (χ4v) is 6.67. The molecule has 8 nitrogen and oxygen atoms in total. The first-order valence-electron chi connectivity index (χ1n) is 13.3. The summed E-state index contributed by atoms with van der Waals surface area (Å²) >= 11 is 0. The summed E-state index contributed by atoms with van der Waals surface area (Å²) in [6, 6.07) is 4.36. The Morgan fingerprint density at radius 1 is 1.22 bits per heavy atom. The minimum absolute atomic E-state index is 0.0367. The number of rotatable bonds is 9. The third-order valence-electron chi connectivity index (χ3n) is 8.79. The number of nitrogens with one attached hydrogen (secondary N) is 2. The van der Waals surface area contributed by atoms with Gasteiger partial charge in [0.1, 0.15) is 11.6 Å². The molecule has 1 aromatic carbocycles. The number of amides is 3. The molecule has 0 radical (unpaired) electrons. The number of likely N-dealkylation sites (tertiary alicyclic amines) is 1. The highest BCUT2D eigenvalue weighted by Gasteiger charge is 2.78. The molecule has 7 atom stereocenters. The Morgan fingerprint density at radius 3 is 2.58 bits per heavy atom. The monoisotopic (exact) mass is 499 g/mol. The van der Waals surface area contributed by atoms with Gasteiger partial charge < -0.3 is 25.4 Å². The lowest BCUT2D eigenvalue weighted by Crippen LogP contribution is -2.57. The molecule has 8 heteroatoms. The highest BCUT2D eigenvalue weighted by Crippen LogP contribution is 2.63. The lowest BCUT2D eigenvalue weighted by atomic mass is 9.66. The van der Waals surface area contributed by atoms with Crippen LogP contribution in [0.5, 0.6) is 0 Å². The van der Waals surface area contributed by atoms with E-state index in [2.05, 4.69) is 10.6 Å².